The average Bonchev–Trinajstić information content (AvgIpc) is 3.69. The molecule has 3 amide bonds. The van der Waals surface area contributed by atoms with Gasteiger partial charge in [0.2, 0.25) is 11.7 Å². The molecule has 3 aromatic carbocycles. The first-order valence-corrected chi connectivity index (χ1v) is 18.5. The second-order valence-corrected chi connectivity index (χ2v) is 15.3. The highest BCUT2D eigenvalue weighted by Gasteiger charge is 2.31. The molecule has 0 spiro atoms. The Labute approximate surface area is 316 Å². The number of anilines is 1. The molecule has 1 heterocycles. The van der Waals surface area contributed by atoms with E-state index >= 15 is 0 Å². The molecule has 13 nitrogen and oxygen atoms in total. The molecule has 0 aliphatic heterocycles. The number of aryl methyl sites for hydroxylation is 1. The Morgan fingerprint density at radius 2 is 1.63 bits per heavy atom. The number of ether oxygens (including phenoxy) is 1. The van der Waals surface area contributed by atoms with Crippen molar-refractivity contribution >= 4 is 29.4 Å². The molecule has 2 atom stereocenters. The van der Waals surface area contributed by atoms with Crippen LogP contribution in [0.2, 0.25) is 0 Å². The van der Waals surface area contributed by atoms with Gasteiger partial charge < -0.3 is 25.8 Å². The first-order valence-electron chi connectivity index (χ1n) is 18.5. The number of hydrogen-bond donors (Lipinski definition) is 5. The van der Waals surface area contributed by atoms with E-state index in [-0.39, 0.29) is 48.5 Å². The van der Waals surface area contributed by atoms with Crippen molar-refractivity contribution in [1.82, 2.24) is 31.3 Å². The summed E-state index contributed by atoms with van der Waals surface area (Å²) < 4.78 is 5.36. The molecule has 4 aromatic rings. The first kappa shape index (κ1) is 39.8. The second kappa shape index (κ2) is 18.1. The maximum Gasteiger partial charge on any atom is 0.407 e. The van der Waals surface area contributed by atoms with Gasteiger partial charge in [-0.2, -0.15) is 5.21 Å². The van der Waals surface area contributed by atoms with Gasteiger partial charge in [-0.05, 0) is 137 Å². The summed E-state index contributed by atoms with van der Waals surface area (Å²) in [5, 5.41) is 31.9. The fourth-order valence-electron chi connectivity index (χ4n) is 6.71. The van der Waals surface area contributed by atoms with Crippen molar-refractivity contribution in [3.05, 3.63) is 83.4 Å². The average molecular weight is 738 g/mol. The van der Waals surface area contributed by atoms with E-state index in [4.69, 9.17) is 4.74 Å². The van der Waals surface area contributed by atoms with Crippen molar-refractivity contribution in [3.8, 4) is 22.5 Å². The van der Waals surface area contributed by atoms with E-state index in [2.05, 4.69) is 36.6 Å². The molecule has 1 aromatic heterocycles. The van der Waals surface area contributed by atoms with Crippen LogP contribution in [0.5, 0.6) is 0 Å². The number of carbonyl (C=O) groups is 4. The Morgan fingerprint density at radius 3 is 2.24 bits per heavy atom. The SMILES string of the molecule is Cc1cc(C(=O)NC(C)CO)ccc1-c1ccc(CC(CC(=O)C2CCC(CNC(=O)OC(C)(C)C)CC2)C(=O)Nc2ccc(-c3nn[nH]n3)cc2)cc1. The first-order chi connectivity index (χ1) is 25.8. The fraction of sp³-hybridized carbons (Fsp3) is 0.439. The lowest BCUT2D eigenvalue weighted by Crippen LogP contribution is -2.37. The van der Waals surface area contributed by atoms with Gasteiger partial charge in [0, 0.05) is 47.7 Å². The number of Topliss-reactive ketones (excluding diaryl/α,β-unsaturated/α-hetero) is 1. The minimum Gasteiger partial charge on any atom is -0.444 e. The van der Waals surface area contributed by atoms with Gasteiger partial charge in [0.25, 0.3) is 5.91 Å². The van der Waals surface area contributed by atoms with Crippen LogP contribution in [0.15, 0.2) is 66.7 Å². The number of aliphatic hydroxyl groups is 1. The molecule has 0 saturated heterocycles. The zero-order valence-electron chi connectivity index (χ0n) is 31.6. The number of ketones is 1. The molecule has 1 aliphatic carbocycles. The Kier molecular flexibility index (Phi) is 13.3. The van der Waals surface area contributed by atoms with Crippen LogP contribution in [0.25, 0.3) is 22.5 Å². The van der Waals surface area contributed by atoms with Gasteiger partial charge in [0.1, 0.15) is 11.4 Å². The van der Waals surface area contributed by atoms with Gasteiger partial charge in [0.05, 0.1) is 6.61 Å². The number of aliphatic hydroxyl groups excluding tert-OH is 1. The van der Waals surface area contributed by atoms with Crippen LogP contribution in [0.3, 0.4) is 0 Å². The Bertz CT molecular complexity index is 1880. The molecule has 5 N–H and O–H groups in total. The predicted octanol–water partition coefficient (Wildman–Crippen LogP) is 6.04. The minimum absolute atomic E-state index is 0.0749. The van der Waals surface area contributed by atoms with Crippen molar-refractivity contribution in [3.63, 3.8) is 0 Å². The van der Waals surface area contributed by atoms with Crippen LogP contribution in [-0.4, -0.2) is 74.2 Å². The monoisotopic (exact) mass is 737 g/mol. The van der Waals surface area contributed by atoms with Crippen molar-refractivity contribution in [2.24, 2.45) is 17.8 Å². The number of benzene rings is 3. The molecule has 1 fully saturated rings. The van der Waals surface area contributed by atoms with Gasteiger partial charge in [-0.1, -0.05) is 30.3 Å². The molecule has 13 heteroatoms. The molecule has 0 radical (unpaired) electrons. The van der Waals surface area contributed by atoms with Crippen molar-refractivity contribution in [2.45, 2.75) is 84.8 Å². The van der Waals surface area contributed by atoms with E-state index in [0.717, 1.165) is 40.7 Å². The summed E-state index contributed by atoms with van der Waals surface area (Å²) in [7, 11) is 0. The molecule has 0 bridgehead atoms. The second-order valence-electron chi connectivity index (χ2n) is 15.3. The van der Waals surface area contributed by atoms with Crippen LogP contribution in [0.4, 0.5) is 10.5 Å². The highest BCUT2D eigenvalue weighted by atomic mass is 16.6. The third-order valence-electron chi connectivity index (χ3n) is 9.70. The van der Waals surface area contributed by atoms with E-state index in [1.54, 1.807) is 37.3 Å². The van der Waals surface area contributed by atoms with Crippen LogP contribution in [0, 0.1) is 24.7 Å². The highest BCUT2D eigenvalue weighted by molar-refractivity contribution is 5.96. The number of nitrogens with one attached hydrogen (secondary N) is 4. The highest BCUT2D eigenvalue weighted by Crippen LogP contribution is 2.32. The fourth-order valence-corrected chi connectivity index (χ4v) is 6.71. The topological polar surface area (TPSA) is 188 Å². The quantitative estimate of drug-likeness (QED) is 0.103. The van der Waals surface area contributed by atoms with Crippen LogP contribution in [-0.2, 0) is 20.7 Å². The Morgan fingerprint density at radius 1 is 0.944 bits per heavy atom. The van der Waals surface area contributed by atoms with Crippen LogP contribution < -0.4 is 16.0 Å². The number of alkyl carbamates (subject to hydrolysis) is 1. The molecular formula is C41H51N7O6. The van der Waals surface area contributed by atoms with E-state index in [9.17, 15) is 24.3 Å². The third kappa shape index (κ3) is 11.3. The number of amides is 3. The summed E-state index contributed by atoms with van der Waals surface area (Å²) in [6, 6.07) is 20.2. The van der Waals surface area contributed by atoms with Crippen molar-refractivity contribution < 1.29 is 29.0 Å². The number of carbonyl (C=O) groups excluding carboxylic acids is 4. The lowest BCUT2D eigenvalue weighted by Gasteiger charge is -2.29. The third-order valence-corrected chi connectivity index (χ3v) is 9.70. The summed E-state index contributed by atoms with van der Waals surface area (Å²) in [6.45, 7) is 9.53. The van der Waals surface area contributed by atoms with Gasteiger partial charge >= 0.3 is 6.09 Å². The zero-order chi connectivity index (χ0) is 38.8. The number of nitrogens with zero attached hydrogens (tertiary/aromatic N) is 3. The zero-order valence-corrected chi connectivity index (χ0v) is 31.6. The standard InChI is InChI=1S/C41H51N7O6/c1-25-20-32(38(51)43-26(2)24-49)16-19-35(25)29-10-6-27(7-11-29)21-33(39(52)44-34-17-14-31(15-18-34)37-45-47-48-46-37)22-36(50)30-12-8-28(9-13-30)23-42-40(53)54-41(3,4)5/h6-7,10-11,14-20,26,28,30,33,49H,8-9,12-13,21-24H2,1-5H3,(H,42,53)(H,43,51)(H,44,52)(H,45,46,47,48). The summed E-state index contributed by atoms with van der Waals surface area (Å²) in [4.78, 5) is 52.3. The molecule has 1 saturated carbocycles. The smallest absolute Gasteiger partial charge is 0.407 e. The largest absolute Gasteiger partial charge is 0.444 e. The van der Waals surface area contributed by atoms with Gasteiger partial charge in [-0.3, -0.25) is 14.4 Å². The number of H-pyrrole nitrogens is 1. The maximum absolute atomic E-state index is 13.9. The molecule has 286 valence electrons. The molecule has 5 rings (SSSR count). The van der Waals surface area contributed by atoms with E-state index < -0.39 is 17.6 Å². The number of tetrazole rings is 1. The van der Waals surface area contributed by atoms with E-state index in [1.807, 2.05) is 64.1 Å². The van der Waals surface area contributed by atoms with E-state index in [1.165, 1.54) is 0 Å². The summed E-state index contributed by atoms with van der Waals surface area (Å²) >= 11 is 0. The number of rotatable bonds is 14. The van der Waals surface area contributed by atoms with Gasteiger partial charge in [-0.15, -0.1) is 10.2 Å². The van der Waals surface area contributed by atoms with Gasteiger partial charge in [-0.25, -0.2) is 4.79 Å². The number of hydrogen-bond acceptors (Lipinski definition) is 9. The van der Waals surface area contributed by atoms with E-state index in [0.29, 0.717) is 42.9 Å². The number of aromatic amines is 1. The Hall–Kier alpha value is -5.43. The minimum atomic E-state index is -0.604. The molecule has 54 heavy (non-hydrogen) atoms. The lowest BCUT2D eigenvalue weighted by molar-refractivity contribution is -0.129. The molecule has 2 unspecified atom stereocenters. The lowest BCUT2D eigenvalue weighted by atomic mass is 9.77. The van der Waals surface area contributed by atoms with Crippen LogP contribution >= 0.6 is 0 Å². The maximum atomic E-state index is 13.9. The number of aromatic nitrogens is 4. The summed E-state index contributed by atoms with van der Waals surface area (Å²) in [5.74, 6) is -0.448. The summed E-state index contributed by atoms with van der Waals surface area (Å²) in [6.07, 6.45) is 3.08. The van der Waals surface area contributed by atoms with Crippen molar-refractivity contribution in [2.75, 3.05) is 18.5 Å². The van der Waals surface area contributed by atoms with Crippen molar-refractivity contribution in [1.29, 1.82) is 0 Å². The van der Waals surface area contributed by atoms with Crippen LogP contribution in [0.1, 0.15) is 81.3 Å². The normalized spacial score (nSPS) is 16.9. The molecular weight excluding hydrogens is 686 g/mol. The summed E-state index contributed by atoms with van der Waals surface area (Å²) in [5.41, 5.74) is 5.07. The van der Waals surface area contributed by atoms with Gasteiger partial charge in [0.15, 0.2) is 0 Å². The Balaban J connectivity index is 1.25. The molecule has 1 aliphatic rings. The predicted molar refractivity (Wildman–Crippen MR) is 205 cm³/mol.